The number of halogens is 1. The lowest BCUT2D eigenvalue weighted by molar-refractivity contribution is 0.102. The fourth-order valence-corrected chi connectivity index (χ4v) is 1.63. The Kier molecular flexibility index (Phi) is 3.29. The normalized spacial score (nSPS) is 10.0. The number of imidazole rings is 1. The van der Waals surface area contributed by atoms with Crippen molar-refractivity contribution in [1.82, 2.24) is 9.55 Å². The minimum atomic E-state index is -0.505. The molecule has 0 saturated carbocycles. The number of benzene rings is 1. The van der Waals surface area contributed by atoms with Gasteiger partial charge in [-0.25, -0.2) is 9.37 Å². The molecule has 2 aromatic rings. The van der Waals surface area contributed by atoms with E-state index in [4.69, 9.17) is 5.26 Å². The first-order valence-electron chi connectivity index (χ1n) is 5.53. The van der Waals surface area contributed by atoms with Crippen LogP contribution in [-0.4, -0.2) is 15.5 Å². The van der Waals surface area contributed by atoms with Crippen molar-refractivity contribution in [2.24, 2.45) is 7.05 Å². The Morgan fingerprint density at radius 1 is 1.53 bits per heavy atom. The number of hydrogen-bond donors (Lipinski definition) is 1. The molecule has 0 atom stereocenters. The van der Waals surface area contributed by atoms with Crippen molar-refractivity contribution in [3.63, 3.8) is 0 Å². The second-order valence-corrected chi connectivity index (χ2v) is 3.99. The van der Waals surface area contributed by atoms with Crippen LogP contribution in [0.2, 0.25) is 0 Å². The zero-order chi connectivity index (χ0) is 14.0. The summed E-state index contributed by atoms with van der Waals surface area (Å²) in [5.74, 6) is -0.220. The lowest BCUT2D eigenvalue weighted by Gasteiger charge is -2.02. The molecule has 0 unspecified atom stereocenters. The first kappa shape index (κ1) is 12.8. The first-order valence-corrected chi connectivity index (χ1v) is 5.53. The van der Waals surface area contributed by atoms with Crippen LogP contribution in [0.5, 0.6) is 0 Å². The zero-order valence-electron chi connectivity index (χ0n) is 10.4. The van der Waals surface area contributed by atoms with Crippen molar-refractivity contribution in [1.29, 1.82) is 5.26 Å². The van der Waals surface area contributed by atoms with Gasteiger partial charge in [0.1, 0.15) is 17.7 Å². The van der Waals surface area contributed by atoms with Crippen LogP contribution in [0.4, 0.5) is 10.2 Å². The fourth-order valence-electron chi connectivity index (χ4n) is 1.63. The summed E-state index contributed by atoms with van der Waals surface area (Å²) in [4.78, 5) is 16.0. The van der Waals surface area contributed by atoms with Gasteiger partial charge in [-0.2, -0.15) is 5.26 Å². The highest BCUT2D eigenvalue weighted by Crippen LogP contribution is 2.15. The molecule has 0 aliphatic carbocycles. The molecule has 0 spiro atoms. The molecule has 19 heavy (non-hydrogen) atoms. The van der Waals surface area contributed by atoms with E-state index in [0.29, 0.717) is 5.82 Å². The van der Waals surface area contributed by atoms with Crippen molar-refractivity contribution in [2.45, 2.75) is 6.92 Å². The van der Waals surface area contributed by atoms with Crippen LogP contribution in [-0.2, 0) is 7.05 Å². The summed E-state index contributed by atoms with van der Waals surface area (Å²) in [5.41, 5.74) is 0.425. The standard InChI is InChI=1S/C13H11FN4O/c1-8-16-12(11(7-15)18(8)2)17-13(19)9-4-3-5-10(14)6-9/h3-6H,1-2H3,(H,17,19). The molecule has 6 heteroatoms. The number of hydrogen-bond acceptors (Lipinski definition) is 3. The van der Waals surface area contributed by atoms with Gasteiger partial charge in [-0.3, -0.25) is 4.79 Å². The van der Waals surface area contributed by atoms with Gasteiger partial charge < -0.3 is 9.88 Å². The molecule has 0 bridgehead atoms. The maximum absolute atomic E-state index is 13.0. The van der Waals surface area contributed by atoms with Crippen LogP contribution in [0, 0.1) is 24.1 Å². The number of rotatable bonds is 2. The van der Waals surface area contributed by atoms with Crippen LogP contribution in [0.1, 0.15) is 21.9 Å². The number of carbonyl (C=O) groups is 1. The molecule has 0 saturated heterocycles. The number of amides is 1. The molecular formula is C13H11FN4O. The average Bonchev–Trinajstić information content (AvgIpc) is 2.64. The number of carbonyl (C=O) groups excluding carboxylic acids is 1. The summed E-state index contributed by atoms with van der Waals surface area (Å²) < 4.78 is 14.6. The second-order valence-electron chi connectivity index (χ2n) is 3.99. The number of nitrogens with one attached hydrogen (secondary N) is 1. The van der Waals surface area contributed by atoms with Crippen LogP contribution in [0.25, 0.3) is 0 Å². The van der Waals surface area contributed by atoms with Gasteiger partial charge in [0.2, 0.25) is 0 Å². The van der Waals surface area contributed by atoms with E-state index in [2.05, 4.69) is 10.3 Å². The smallest absolute Gasteiger partial charge is 0.256 e. The Bertz CT molecular complexity index is 684. The summed E-state index contributed by atoms with van der Waals surface area (Å²) >= 11 is 0. The third kappa shape index (κ3) is 2.45. The predicted molar refractivity (Wildman–Crippen MR) is 67.0 cm³/mol. The molecule has 0 aliphatic rings. The Morgan fingerprint density at radius 2 is 2.26 bits per heavy atom. The minimum Gasteiger partial charge on any atom is -0.321 e. The Balaban J connectivity index is 2.30. The van der Waals surface area contributed by atoms with Crippen molar-refractivity contribution in [2.75, 3.05) is 5.32 Å². The van der Waals surface area contributed by atoms with Crippen molar-refractivity contribution < 1.29 is 9.18 Å². The number of anilines is 1. The van der Waals surface area contributed by atoms with Gasteiger partial charge in [0.05, 0.1) is 0 Å². The fraction of sp³-hybridized carbons (Fsp3) is 0.154. The Labute approximate surface area is 109 Å². The quantitative estimate of drug-likeness (QED) is 0.895. The summed E-state index contributed by atoms with van der Waals surface area (Å²) in [6.07, 6.45) is 0. The van der Waals surface area contributed by atoms with Gasteiger partial charge in [-0.15, -0.1) is 0 Å². The Hall–Kier alpha value is -2.68. The largest absolute Gasteiger partial charge is 0.321 e. The number of aromatic nitrogens is 2. The van der Waals surface area contributed by atoms with Gasteiger partial charge in [-0.1, -0.05) is 6.07 Å². The summed E-state index contributed by atoms with van der Waals surface area (Å²) in [7, 11) is 1.68. The van der Waals surface area contributed by atoms with Crippen LogP contribution in [0.3, 0.4) is 0 Å². The molecular weight excluding hydrogens is 247 g/mol. The van der Waals surface area contributed by atoms with E-state index in [0.717, 1.165) is 6.07 Å². The van der Waals surface area contributed by atoms with E-state index in [9.17, 15) is 9.18 Å². The minimum absolute atomic E-state index is 0.173. The highest BCUT2D eigenvalue weighted by Gasteiger charge is 2.15. The summed E-state index contributed by atoms with van der Waals surface area (Å²) in [6.45, 7) is 1.72. The van der Waals surface area contributed by atoms with Crippen molar-refractivity contribution >= 4 is 11.7 Å². The van der Waals surface area contributed by atoms with Crippen LogP contribution in [0.15, 0.2) is 24.3 Å². The van der Waals surface area contributed by atoms with Crippen LogP contribution < -0.4 is 5.32 Å². The van der Waals surface area contributed by atoms with Gasteiger partial charge in [0, 0.05) is 12.6 Å². The molecule has 1 aromatic heterocycles. The monoisotopic (exact) mass is 258 g/mol. The van der Waals surface area contributed by atoms with Crippen molar-refractivity contribution in [3.05, 3.63) is 47.2 Å². The maximum atomic E-state index is 13.0. The number of nitriles is 1. The maximum Gasteiger partial charge on any atom is 0.256 e. The van der Waals surface area contributed by atoms with Crippen LogP contribution >= 0.6 is 0 Å². The summed E-state index contributed by atoms with van der Waals surface area (Å²) in [6, 6.07) is 7.27. The summed E-state index contributed by atoms with van der Waals surface area (Å²) in [5, 5.41) is 11.5. The van der Waals surface area contributed by atoms with E-state index in [1.54, 1.807) is 18.5 Å². The van der Waals surface area contributed by atoms with E-state index in [1.165, 1.54) is 18.2 Å². The van der Waals surface area contributed by atoms with Gasteiger partial charge >= 0.3 is 0 Å². The lowest BCUT2D eigenvalue weighted by atomic mass is 10.2. The highest BCUT2D eigenvalue weighted by atomic mass is 19.1. The van der Waals surface area contributed by atoms with Gasteiger partial charge in [0.15, 0.2) is 11.5 Å². The van der Waals surface area contributed by atoms with Gasteiger partial charge in [0.25, 0.3) is 5.91 Å². The topological polar surface area (TPSA) is 70.7 Å². The highest BCUT2D eigenvalue weighted by molar-refractivity contribution is 6.04. The number of aryl methyl sites for hydroxylation is 1. The second kappa shape index (κ2) is 4.90. The molecule has 5 nitrogen and oxygen atoms in total. The number of nitrogens with zero attached hydrogens (tertiary/aromatic N) is 3. The Morgan fingerprint density at radius 3 is 2.89 bits per heavy atom. The lowest BCUT2D eigenvalue weighted by Crippen LogP contribution is -2.13. The molecule has 1 aromatic carbocycles. The SMILES string of the molecule is Cc1nc(NC(=O)c2cccc(F)c2)c(C#N)n1C. The van der Waals surface area contributed by atoms with E-state index < -0.39 is 11.7 Å². The molecule has 1 amide bonds. The van der Waals surface area contributed by atoms with Crippen molar-refractivity contribution in [3.8, 4) is 6.07 Å². The molecule has 96 valence electrons. The first-order chi connectivity index (χ1) is 9.02. The molecule has 0 fully saturated rings. The molecule has 2 rings (SSSR count). The molecule has 0 radical (unpaired) electrons. The molecule has 1 heterocycles. The zero-order valence-corrected chi connectivity index (χ0v) is 10.4. The van der Waals surface area contributed by atoms with Gasteiger partial charge in [-0.05, 0) is 25.1 Å². The molecule has 1 N–H and O–H groups in total. The third-order valence-electron chi connectivity index (χ3n) is 2.74. The molecule has 0 aliphatic heterocycles. The third-order valence-corrected chi connectivity index (χ3v) is 2.74. The van der Waals surface area contributed by atoms with E-state index >= 15 is 0 Å². The van der Waals surface area contributed by atoms with E-state index in [-0.39, 0.29) is 17.1 Å². The predicted octanol–water partition coefficient (Wildman–Crippen LogP) is 1.99. The van der Waals surface area contributed by atoms with E-state index in [1.807, 2.05) is 6.07 Å². The average molecular weight is 258 g/mol.